The van der Waals surface area contributed by atoms with Crippen LogP contribution in [0.2, 0.25) is 0 Å². The normalized spacial score (nSPS) is 10.5. The summed E-state index contributed by atoms with van der Waals surface area (Å²) in [5.74, 6) is 0.264. The van der Waals surface area contributed by atoms with Gasteiger partial charge in [0.1, 0.15) is 12.4 Å². The van der Waals surface area contributed by atoms with Gasteiger partial charge in [-0.05, 0) is 31.5 Å². The molecule has 2 N–H and O–H groups in total. The first kappa shape index (κ1) is 14.7. The van der Waals surface area contributed by atoms with Crippen LogP contribution in [0, 0.1) is 0 Å². The number of alkyl halides is 1. The highest BCUT2D eigenvalue weighted by Crippen LogP contribution is 2.34. The van der Waals surface area contributed by atoms with Crippen molar-refractivity contribution in [3.8, 4) is 5.75 Å². The molecule has 1 amide bonds. The molecule has 0 saturated heterocycles. The minimum Gasteiger partial charge on any atom is -0.472 e. The van der Waals surface area contributed by atoms with Crippen molar-refractivity contribution >= 4 is 19.7 Å². The smallest absolute Gasteiger partial charge is 0.253 e. The fraction of sp³-hybridized carbons (Fsp3) is 0.417. The Bertz CT molecular complexity index is 427. The van der Waals surface area contributed by atoms with Crippen LogP contribution < -0.4 is 10.3 Å². The van der Waals surface area contributed by atoms with Crippen molar-refractivity contribution in [2.45, 2.75) is 0 Å². The molecule has 0 bridgehead atoms. The number of carbonyl (C=O) groups excluding carboxylic acids is 1. The summed E-state index contributed by atoms with van der Waals surface area (Å²) >= 11 is 0. The Labute approximate surface area is 108 Å². The van der Waals surface area contributed by atoms with E-state index < -0.39 is 14.8 Å². The summed E-state index contributed by atoms with van der Waals surface area (Å²) in [6.45, 7) is 3.40. The summed E-state index contributed by atoms with van der Waals surface area (Å²) in [7, 11) is 0.949. The van der Waals surface area contributed by atoms with Crippen molar-refractivity contribution in [3.05, 3.63) is 23.8 Å². The molecule has 1 aromatic rings. The first-order valence-electron chi connectivity index (χ1n) is 5.52. The molecule has 0 atom stereocenters. The molecule has 0 aliphatic rings. The lowest BCUT2D eigenvalue weighted by molar-refractivity contribution is 0.0786. The topological polar surface area (TPSA) is 55.6 Å². The molecule has 0 unspecified atom stereocenters. The van der Waals surface area contributed by atoms with Crippen molar-refractivity contribution in [1.29, 1.82) is 0 Å². The van der Waals surface area contributed by atoms with Gasteiger partial charge in [-0.3, -0.25) is 4.79 Å². The van der Waals surface area contributed by atoms with Crippen molar-refractivity contribution < 1.29 is 13.7 Å². The molecular weight excluding hydrogens is 254 g/mol. The van der Waals surface area contributed by atoms with E-state index in [2.05, 4.69) is 0 Å². The summed E-state index contributed by atoms with van der Waals surface area (Å²) < 4.78 is 17.8. The summed E-state index contributed by atoms with van der Waals surface area (Å²) in [6, 6.07) is 4.85. The molecule has 0 aromatic heterocycles. The van der Waals surface area contributed by atoms with Crippen LogP contribution in [0.15, 0.2) is 18.2 Å². The molecule has 18 heavy (non-hydrogen) atoms. The molecule has 100 valence electrons. The van der Waals surface area contributed by atoms with Crippen LogP contribution >= 0.6 is 8.15 Å². The number of rotatable bonds is 5. The van der Waals surface area contributed by atoms with Crippen LogP contribution in [0.25, 0.3) is 0 Å². The maximum Gasteiger partial charge on any atom is 0.253 e. The zero-order valence-electron chi connectivity index (χ0n) is 10.8. The quantitative estimate of drug-likeness (QED) is 0.661. The molecular formula is C12H18FN2O2P. The zero-order valence-corrected chi connectivity index (χ0v) is 11.7. The number of halogens is 1. The number of amides is 1. The maximum absolute atomic E-state index is 12.2. The van der Waals surface area contributed by atoms with Gasteiger partial charge in [0.05, 0.1) is 13.8 Å². The van der Waals surface area contributed by atoms with E-state index in [0.29, 0.717) is 17.0 Å². The van der Waals surface area contributed by atoms with Crippen LogP contribution in [0.3, 0.4) is 0 Å². The molecule has 0 saturated carbocycles. The van der Waals surface area contributed by atoms with E-state index in [9.17, 15) is 9.18 Å². The fourth-order valence-electron chi connectivity index (χ4n) is 1.39. The molecule has 1 aromatic carbocycles. The van der Waals surface area contributed by atoms with Gasteiger partial charge < -0.3 is 15.2 Å². The fourth-order valence-corrected chi connectivity index (χ4v) is 1.94. The third kappa shape index (κ3) is 3.84. The Morgan fingerprint density at radius 1 is 1.50 bits per heavy atom. The van der Waals surface area contributed by atoms with Crippen LogP contribution in [0.5, 0.6) is 5.75 Å². The number of hydrogen-bond acceptors (Lipinski definition) is 3. The van der Waals surface area contributed by atoms with Gasteiger partial charge >= 0.3 is 0 Å². The number of nitrogens with two attached hydrogens (primary N) is 1. The molecule has 1 rings (SSSR count). The molecule has 0 heterocycles. The van der Waals surface area contributed by atoms with E-state index in [1.807, 2.05) is 13.3 Å². The first-order chi connectivity index (χ1) is 8.45. The number of anilines is 1. The number of carbonyl (C=O) groups is 1. The second-order valence-electron chi connectivity index (χ2n) is 4.07. The molecule has 6 heteroatoms. The second kappa shape index (κ2) is 6.55. The van der Waals surface area contributed by atoms with E-state index in [-0.39, 0.29) is 12.5 Å². The predicted molar refractivity (Wildman–Crippen MR) is 73.2 cm³/mol. The molecule has 0 radical (unpaired) electrons. The monoisotopic (exact) mass is 272 g/mol. The molecule has 0 spiro atoms. The third-order valence-electron chi connectivity index (χ3n) is 2.31. The van der Waals surface area contributed by atoms with E-state index in [0.717, 1.165) is 0 Å². The van der Waals surface area contributed by atoms with Crippen molar-refractivity contribution in [3.63, 3.8) is 0 Å². The van der Waals surface area contributed by atoms with Gasteiger partial charge in [-0.1, -0.05) is 0 Å². The van der Waals surface area contributed by atoms with Crippen molar-refractivity contribution in [2.24, 2.45) is 0 Å². The van der Waals surface area contributed by atoms with Gasteiger partial charge in [-0.25, -0.2) is 4.39 Å². The summed E-state index contributed by atoms with van der Waals surface area (Å²) in [5.41, 5.74) is 6.72. The van der Waals surface area contributed by atoms with E-state index >= 15 is 0 Å². The highest BCUT2D eigenvalue weighted by Gasteiger charge is 2.14. The van der Waals surface area contributed by atoms with E-state index in [1.54, 1.807) is 25.2 Å². The Balaban J connectivity index is 2.93. The number of nitrogen functional groups attached to an aromatic ring is 1. The molecule has 0 fully saturated rings. The van der Waals surface area contributed by atoms with Gasteiger partial charge in [0.2, 0.25) is 0 Å². The molecule has 0 aliphatic heterocycles. The lowest BCUT2D eigenvalue weighted by Gasteiger charge is -2.17. The number of nitrogens with zero attached hydrogens (tertiary/aromatic N) is 1. The first-order valence-corrected chi connectivity index (χ1v) is 7.67. The van der Waals surface area contributed by atoms with Crippen LogP contribution in [-0.2, 0) is 0 Å². The average molecular weight is 272 g/mol. The summed E-state index contributed by atoms with van der Waals surface area (Å²) in [6.07, 6.45) is 0. The summed E-state index contributed by atoms with van der Waals surface area (Å²) in [4.78, 5) is 13.3. The highest BCUT2D eigenvalue weighted by molar-refractivity contribution is 7.51. The summed E-state index contributed by atoms with van der Waals surface area (Å²) in [5, 5.41) is 0. The Hall–Kier alpha value is -1.35. The molecule has 4 nitrogen and oxygen atoms in total. The van der Waals surface area contributed by atoms with Crippen LogP contribution in [-0.4, -0.2) is 44.4 Å². The van der Waals surface area contributed by atoms with Gasteiger partial charge in [0.25, 0.3) is 5.91 Å². The van der Waals surface area contributed by atoms with Crippen LogP contribution in [0.4, 0.5) is 10.1 Å². The largest absolute Gasteiger partial charge is 0.472 e. The minimum absolute atomic E-state index is 0.0770. The van der Waals surface area contributed by atoms with E-state index in [1.165, 1.54) is 4.90 Å². The van der Waals surface area contributed by atoms with Gasteiger partial charge in [-0.15, -0.1) is 0 Å². The van der Waals surface area contributed by atoms with Gasteiger partial charge in [-0.2, -0.15) is 0 Å². The van der Waals surface area contributed by atoms with Crippen LogP contribution in [0.1, 0.15) is 10.4 Å². The lowest BCUT2D eigenvalue weighted by Crippen LogP contribution is -2.28. The standard InChI is InChI=1S/C12H18FN2O2P/c1-15(7-6-13)12(16)9-4-5-10(14)11(8-9)17-18(2)3/h4-5,8H,6-7,14H2,1-3H3. The third-order valence-corrected chi connectivity index (χ3v) is 2.87. The predicted octanol–water partition coefficient (Wildman–Crippen LogP) is 2.35. The number of benzene rings is 1. The zero-order chi connectivity index (χ0) is 13.7. The minimum atomic E-state index is -0.612. The average Bonchev–Trinajstić information content (AvgIpc) is 2.31. The Kier molecular flexibility index (Phi) is 5.35. The lowest BCUT2D eigenvalue weighted by atomic mass is 10.1. The number of hydrogen-bond donors (Lipinski definition) is 1. The maximum atomic E-state index is 12.2. The van der Waals surface area contributed by atoms with E-state index in [4.69, 9.17) is 10.3 Å². The Morgan fingerprint density at radius 2 is 2.17 bits per heavy atom. The van der Waals surface area contributed by atoms with Crippen molar-refractivity contribution in [1.82, 2.24) is 4.90 Å². The van der Waals surface area contributed by atoms with Gasteiger partial charge in [0.15, 0.2) is 0 Å². The SMILES string of the molecule is CN(CCF)C(=O)c1ccc(N)c(OP(C)C)c1. The van der Waals surface area contributed by atoms with Crippen molar-refractivity contribution in [2.75, 3.05) is 39.3 Å². The highest BCUT2D eigenvalue weighted by atomic mass is 31.1. The second-order valence-corrected chi connectivity index (χ2v) is 5.88. The molecule has 0 aliphatic carbocycles. The van der Waals surface area contributed by atoms with Gasteiger partial charge in [0, 0.05) is 19.2 Å². The Morgan fingerprint density at radius 3 is 2.72 bits per heavy atom.